The smallest absolute Gasteiger partial charge is 0.128 e. The van der Waals surface area contributed by atoms with Gasteiger partial charge in [0.25, 0.3) is 0 Å². The first kappa shape index (κ1) is 24.0. The van der Waals surface area contributed by atoms with Gasteiger partial charge in [-0.15, -0.1) is 0 Å². The molecule has 1 saturated heterocycles. The molecular weight excluding hydrogens is 386 g/mol. The summed E-state index contributed by atoms with van der Waals surface area (Å²) in [6, 6.07) is 13.4. The van der Waals surface area contributed by atoms with Crippen LogP contribution in [0.5, 0.6) is 0 Å². The lowest BCUT2D eigenvalue weighted by Crippen LogP contribution is -3.24. The van der Waals surface area contributed by atoms with Crippen LogP contribution in [0.1, 0.15) is 51.4 Å². The Morgan fingerprint density at radius 2 is 1.71 bits per heavy atom. The number of benzene rings is 1. The second kappa shape index (κ2) is 10.3. The third-order valence-electron chi connectivity index (χ3n) is 6.82. The largest absolute Gasteiger partial charge is 0.390 e. The lowest BCUT2D eigenvalue weighted by atomic mass is 9.87. The van der Waals surface area contributed by atoms with Gasteiger partial charge in [-0.25, -0.2) is 0 Å². The van der Waals surface area contributed by atoms with Crippen LogP contribution in [-0.4, -0.2) is 61.2 Å². The Kier molecular flexibility index (Phi) is 7.98. The van der Waals surface area contributed by atoms with Crippen LogP contribution < -0.4 is 9.80 Å². The molecular formula is C26H43N3O2+2. The van der Waals surface area contributed by atoms with E-state index in [2.05, 4.69) is 81.8 Å². The molecule has 31 heavy (non-hydrogen) atoms. The number of nitrogens with one attached hydrogen (secondary N) is 2. The molecule has 2 aromatic rings. The standard InChI is InChI=1S/C26H41N3O2/c1-25(2,3)23-10-8-22(9-11-23)19-28-12-6-7-24(28)20-29(26(4,5)21-30)14-13-27-15-17-31-18-16-27/h6-12,30H,13-21H2,1-5H3/p+2. The number of hydrogen-bond donors (Lipinski definition) is 3. The number of morpholine rings is 1. The van der Waals surface area contributed by atoms with Crippen LogP contribution in [0, 0.1) is 0 Å². The lowest BCUT2D eigenvalue weighted by Gasteiger charge is -2.35. The molecule has 1 aromatic heterocycles. The van der Waals surface area contributed by atoms with Crippen molar-refractivity contribution in [1.29, 1.82) is 0 Å². The molecule has 5 heteroatoms. The van der Waals surface area contributed by atoms with E-state index in [9.17, 15) is 5.11 Å². The Labute approximate surface area is 188 Å². The Balaban J connectivity index is 1.68. The van der Waals surface area contributed by atoms with Gasteiger partial charge in [-0.1, -0.05) is 45.0 Å². The maximum Gasteiger partial charge on any atom is 0.128 e. The quantitative estimate of drug-likeness (QED) is 0.555. The lowest BCUT2D eigenvalue weighted by molar-refractivity contribution is -0.996. The Hall–Kier alpha value is -1.66. The number of quaternary nitrogens is 2. The van der Waals surface area contributed by atoms with E-state index in [0.29, 0.717) is 0 Å². The van der Waals surface area contributed by atoms with Crippen molar-refractivity contribution in [3.05, 3.63) is 59.4 Å². The highest BCUT2D eigenvalue weighted by molar-refractivity contribution is 5.28. The summed E-state index contributed by atoms with van der Waals surface area (Å²) in [4.78, 5) is 3.06. The minimum Gasteiger partial charge on any atom is -0.390 e. The van der Waals surface area contributed by atoms with E-state index in [1.54, 1.807) is 4.90 Å². The molecule has 1 aliphatic heterocycles. The molecule has 0 bridgehead atoms. The van der Waals surface area contributed by atoms with Gasteiger partial charge in [0, 0.05) is 12.7 Å². The molecule has 0 saturated carbocycles. The fraction of sp³-hybridized carbons (Fsp3) is 0.615. The number of ether oxygens (including phenoxy) is 1. The van der Waals surface area contributed by atoms with Crippen LogP contribution in [0.4, 0.5) is 0 Å². The number of hydrogen-bond acceptors (Lipinski definition) is 2. The van der Waals surface area contributed by atoms with Gasteiger partial charge in [-0.3, -0.25) is 0 Å². The van der Waals surface area contributed by atoms with Crippen LogP contribution in [0.3, 0.4) is 0 Å². The zero-order valence-corrected chi connectivity index (χ0v) is 20.2. The molecule has 1 aliphatic rings. The predicted octanol–water partition coefficient (Wildman–Crippen LogP) is 0.905. The predicted molar refractivity (Wildman–Crippen MR) is 126 cm³/mol. The molecule has 1 atom stereocenters. The van der Waals surface area contributed by atoms with Crippen molar-refractivity contribution < 1.29 is 19.6 Å². The minimum absolute atomic E-state index is 0.171. The first-order valence-corrected chi connectivity index (χ1v) is 11.8. The normalized spacial score (nSPS) is 17.1. The molecule has 3 N–H and O–H groups in total. The van der Waals surface area contributed by atoms with Gasteiger partial charge >= 0.3 is 0 Å². The summed E-state index contributed by atoms with van der Waals surface area (Å²) < 4.78 is 7.87. The van der Waals surface area contributed by atoms with Crippen molar-refractivity contribution in [3.63, 3.8) is 0 Å². The van der Waals surface area contributed by atoms with Crippen LogP contribution in [0.2, 0.25) is 0 Å². The number of aliphatic hydroxyl groups is 1. The number of aromatic nitrogens is 1. The monoisotopic (exact) mass is 429 g/mol. The molecule has 1 fully saturated rings. The summed E-state index contributed by atoms with van der Waals surface area (Å²) >= 11 is 0. The molecule has 5 nitrogen and oxygen atoms in total. The number of rotatable bonds is 9. The van der Waals surface area contributed by atoms with E-state index in [4.69, 9.17) is 4.74 Å². The molecule has 0 radical (unpaired) electrons. The van der Waals surface area contributed by atoms with Crippen molar-refractivity contribution >= 4 is 0 Å². The molecule has 0 amide bonds. The van der Waals surface area contributed by atoms with Gasteiger partial charge in [-0.2, -0.15) is 0 Å². The molecule has 1 aromatic carbocycles. The average Bonchev–Trinajstić information content (AvgIpc) is 3.18. The van der Waals surface area contributed by atoms with E-state index in [1.807, 2.05) is 0 Å². The van der Waals surface area contributed by atoms with E-state index >= 15 is 0 Å². The van der Waals surface area contributed by atoms with Gasteiger partial charge in [-0.05, 0) is 42.5 Å². The Morgan fingerprint density at radius 1 is 1.03 bits per heavy atom. The molecule has 2 heterocycles. The van der Waals surface area contributed by atoms with Crippen LogP contribution in [0.15, 0.2) is 42.6 Å². The minimum atomic E-state index is -0.171. The molecule has 3 rings (SSSR count). The summed E-state index contributed by atoms with van der Waals surface area (Å²) in [7, 11) is 0. The van der Waals surface area contributed by atoms with Crippen molar-refractivity contribution in [2.24, 2.45) is 0 Å². The zero-order chi connectivity index (χ0) is 22.5. The summed E-state index contributed by atoms with van der Waals surface area (Å²) in [6.45, 7) is 19.2. The van der Waals surface area contributed by atoms with Gasteiger partial charge in [0.05, 0.1) is 25.5 Å². The highest BCUT2D eigenvalue weighted by Crippen LogP contribution is 2.22. The van der Waals surface area contributed by atoms with E-state index < -0.39 is 0 Å². The van der Waals surface area contributed by atoms with Crippen LogP contribution in [-0.2, 0) is 23.2 Å². The molecule has 172 valence electrons. The summed E-state index contributed by atoms with van der Waals surface area (Å²) in [5, 5.41) is 10.1. The first-order valence-electron chi connectivity index (χ1n) is 11.8. The third kappa shape index (κ3) is 6.66. The SMILES string of the molecule is CC(C)(C)c1ccc(Cn2cccc2C[NH+](CC[NH+]2CCOCC2)C(C)(C)CO)cc1. The maximum absolute atomic E-state index is 10.1. The second-order valence-electron chi connectivity index (χ2n) is 10.8. The third-order valence-corrected chi connectivity index (χ3v) is 6.82. The van der Waals surface area contributed by atoms with Crippen molar-refractivity contribution in [1.82, 2.24) is 4.57 Å². The second-order valence-corrected chi connectivity index (χ2v) is 10.8. The van der Waals surface area contributed by atoms with E-state index in [0.717, 1.165) is 52.5 Å². The van der Waals surface area contributed by atoms with Crippen molar-refractivity contribution in [2.45, 2.75) is 58.7 Å². The average molecular weight is 430 g/mol. The fourth-order valence-electron chi connectivity index (χ4n) is 4.31. The van der Waals surface area contributed by atoms with Crippen molar-refractivity contribution in [2.75, 3.05) is 46.0 Å². The molecule has 1 unspecified atom stereocenters. The Morgan fingerprint density at radius 3 is 2.32 bits per heavy atom. The van der Waals surface area contributed by atoms with Gasteiger partial charge < -0.3 is 24.2 Å². The van der Waals surface area contributed by atoms with Gasteiger partial charge in [0.1, 0.15) is 38.3 Å². The van der Waals surface area contributed by atoms with Crippen LogP contribution in [0.25, 0.3) is 0 Å². The van der Waals surface area contributed by atoms with Crippen molar-refractivity contribution in [3.8, 4) is 0 Å². The highest BCUT2D eigenvalue weighted by atomic mass is 16.5. The summed E-state index contributed by atoms with van der Waals surface area (Å²) in [5.74, 6) is 0. The molecule has 0 spiro atoms. The Bertz CT molecular complexity index is 799. The fourth-order valence-corrected chi connectivity index (χ4v) is 4.31. The summed E-state index contributed by atoms with van der Waals surface area (Å²) in [6.07, 6.45) is 2.18. The van der Waals surface area contributed by atoms with E-state index in [1.165, 1.54) is 21.7 Å². The molecule has 0 aliphatic carbocycles. The number of nitrogens with zero attached hydrogens (tertiary/aromatic N) is 1. The van der Waals surface area contributed by atoms with E-state index in [-0.39, 0.29) is 17.6 Å². The highest BCUT2D eigenvalue weighted by Gasteiger charge is 2.32. The van der Waals surface area contributed by atoms with Gasteiger partial charge in [0.2, 0.25) is 0 Å². The zero-order valence-electron chi connectivity index (χ0n) is 20.2. The topological polar surface area (TPSA) is 43.3 Å². The van der Waals surface area contributed by atoms with Crippen LogP contribution >= 0.6 is 0 Å². The maximum atomic E-state index is 10.1. The van der Waals surface area contributed by atoms with Gasteiger partial charge in [0.15, 0.2) is 0 Å². The first-order chi connectivity index (χ1) is 14.7. The summed E-state index contributed by atoms with van der Waals surface area (Å²) in [5.41, 5.74) is 4.03. The number of aliphatic hydroxyl groups excluding tert-OH is 1.